The van der Waals surface area contributed by atoms with Gasteiger partial charge in [0.15, 0.2) is 0 Å². The third kappa shape index (κ3) is 4.32. The molecular weight excluding hydrogens is 194 g/mol. The van der Waals surface area contributed by atoms with Gasteiger partial charge in [0.05, 0.1) is 6.61 Å². The van der Waals surface area contributed by atoms with Crippen molar-refractivity contribution in [3.63, 3.8) is 0 Å². The zero-order valence-electron chi connectivity index (χ0n) is 9.33. The quantitative estimate of drug-likeness (QED) is 0.662. The number of carbonyl (C=O) groups is 2. The van der Waals surface area contributed by atoms with E-state index in [1.54, 1.807) is 4.90 Å². The summed E-state index contributed by atoms with van der Waals surface area (Å²) in [6, 6.07) is 0. The second-order valence-corrected chi connectivity index (χ2v) is 3.85. The molecule has 0 N–H and O–H groups in total. The lowest BCUT2D eigenvalue weighted by molar-refractivity contribution is -0.149. The second kappa shape index (κ2) is 6.43. The average molecular weight is 213 g/mol. The number of hydrogen-bond acceptors (Lipinski definition) is 3. The van der Waals surface area contributed by atoms with Gasteiger partial charge in [-0.15, -0.1) is 0 Å². The molecule has 0 unspecified atom stereocenters. The summed E-state index contributed by atoms with van der Waals surface area (Å²) in [7, 11) is 0. The normalized spacial score (nSPS) is 17.4. The van der Waals surface area contributed by atoms with Crippen molar-refractivity contribution in [3.8, 4) is 0 Å². The summed E-state index contributed by atoms with van der Waals surface area (Å²) < 4.78 is 4.95. The summed E-state index contributed by atoms with van der Waals surface area (Å²) in [4.78, 5) is 24.5. The topological polar surface area (TPSA) is 46.6 Å². The molecule has 0 aliphatic carbocycles. The molecule has 15 heavy (non-hydrogen) atoms. The zero-order chi connectivity index (χ0) is 11.1. The number of carbonyl (C=O) groups excluding carboxylic acids is 2. The molecular formula is C11H19NO3. The van der Waals surface area contributed by atoms with Crippen LogP contribution in [0.1, 0.15) is 39.0 Å². The van der Waals surface area contributed by atoms with Crippen molar-refractivity contribution >= 4 is 11.9 Å². The molecule has 0 spiro atoms. The summed E-state index contributed by atoms with van der Waals surface area (Å²) in [5.41, 5.74) is 0. The molecule has 0 aromatic rings. The Labute approximate surface area is 90.6 Å². The van der Waals surface area contributed by atoms with Crippen LogP contribution in [-0.4, -0.2) is 36.5 Å². The van der Waals surface area contributed by atoms with E-state index in [1.165, 1.54) is 0 Å². The van der Waals surface area contributed by atoms with Crippen molar-refractivity contribution in [2.24, 2.45) is 0 Å². The number of rotatable bonds is 4. The van der Waals surface area contributed by atoms with E-state index in [2.05, 4.69) is 0 Å². The number of nitrogens with zero attached hydrogens (tertiary/aromatic N) is 1. The molecule has 1 fully saturated rings. The number of likely N-dealkylation sites (tertiary alicyclic amines) is 1. The SMILES string of the molecule is CCCOC(=O)CN1CCCCCC1=O. The van der Waals surface area contributed by atoms with Gasteiger partial charge in [0.1, 0.15) is 6.54 Å². The first-order chi connectivity index (χ1) is 7.24. The first-order valence-electron chi connectivity index (χ1n) is 5.67. The Bertz CT molecular complexity index is 228. The smallest absolute Gasteiger partial charge is 0.325 e. The fourth-order valence-corrected chi connectivity index (χ4v) is 1.62. The molecule has 1 saturated heterocycles. The van der Waals surface area contributed by atoms with Gasteiger partial charge < -0.3 is 9.64 Å². The summed E-state index contributed by atoms with van der Waals surface area (Å²) in [5.74, 6) is -0.201. The highest BCUT2D eigenvalue weighted by Gasteiger charge is 2.19. The minimum absolute atomic E-state index is 0.0842. The Kier molecular flexibility index (Phi) is 5.15. The lowest BCUT2D eigenvalue weighted by Crippen LogP contribution is -2.36. The van der Waals surface area contributed by atoms with Crippen LogP contribution < -0.4 is 0 Å². The standard InChI is InChI=1S/C11H19NO3/c1-2-8-15-11(14)9-12-7-5-3-4-6-10(12)13/h2-9H2,1H3. The van der Waals surface area contributed by atoms with Crippen LogP contribution in [0, 0.1) is 0 Å². The lowest BCUT2D eigenvalue weighted by atomic mass is 10.2. The van der Waals surface area contributed by atoms with Gasteiger partial charge >= 0.3 is 5.97 Å². The van der Waals surface area contributed by atoms with E-state index < -0.39 is 0 Å². The van der Waals surface area contributed by atoms with Gasteiger partial charge in [-0.3, -0.25) is 9.59 Å². The molecule has 4 heteroatoms. The maximum absolute atomic E-state index is 11.5. The van der Waals surface area contributed by atoms with Crippen molar-refractivity contribution in [1.82, 2.24) is 4.90 Å². The van der Waals surface area contributed by atoms with Crippen molar-refractivity contribution < 1.29 is 14.3 Å². The Morgan fingerprint density at radius 1 is 1.40 bits per heavy atom. The van der Waals surface area contributed by atoms with Crippen LogP contribution in [0.2, 0.25) is 0 Å². The molecule has 0 aromatic carbocycles. The Balaban J connectivity index is 2.34. The van der Waals surface area contributed by atoms with Crippen LogP contribution in [0.3, 0.4) is 0 Å². The Morgan fingerprint density at radius 2 is 2.20 bits per heavy atom. The first-order valence-corrected chi connectivity index (χ1v) is 5.67. The van der Waals surface area contributed by atoms with E-state index >= 15 is 0 Å². The van der Waals surface area contributed by atoms with E-state index in [4.69, 9.17) is 4.74 Å². The van der Waals surface area contributed by atoms with Crippen molar-refractivity contribution in [3.05, 3.63) is 0 Å². The van der Waals surface area contributed by atoms with Crippen molar-refractivity contribution in [2.75, 3.05) is 19.7 Å². The molecule has 1 amide bonds. The number of esters is 1. The largest absolute Gasteiger partial charge is 0.464 e. The Hall–Kier alpha value is -1.06. The molecule has 0 atom stereocenters. The van der Waals surface area contributed by atoms with E-state index in [1.807, 2.05) is 6.92 Å². The van der Waals surface area contributed by atoms with Gasteiger partial charge in [-0.05, 0) is 19.3 Å². The third-order valence-electron chi connectivity index (χ3n) is 2.46. The second-order valence-electron chi connectivity index (χ2n) is 3.85. The van der Waals surface area contributed by atoms with Crippen LogP contribution in [0.15, 0.2) is 0 Å². The van der Waals surface area contributed by atoms with E-state index in [0.717, 1.165) is 25.7 Å². The van der Waals surface area contributed by atoms with Crippen LogP contribution in [-0.2, 0) is 14.3 Å². The fraction of sp³-hybridized carbons (Fsp3) is 0.818. The zero-order valence-corrected chi connectivity index (χ0v) is 9.33. The predicted molar refractivity (Wildman–Crippen MR) is 56.3 cm³/mol. The van der Waals surface area contributed by atoms with Crippen molar-refractivity contribution in [1.29, 1.82) is 0 Å². The van der Waals surface area contributed by atoms with Gasteiger partial charge in [-0.2, -0.15) is 0 Å². The van der Waals surface area contributed by atoms with E-state index in [0.29, 0.717) is 19.6 Å². The maximum Gasteiger partial charge on any atom is 0.325 e. The fourth-order valence-electron chi connectivity index (χ4n) is 1.62. The summed E-state index contributed by atoms with van der Waals surface area (Å²) in [6.07, 6.45) is 4.40. The summed E-state index contributed by atoms with van der Waals surface area (Å²) >= 11 is 0. The van der Waals surface area contributed by atoms with Gasteiger partial charge in [0.25, 0.3) is 0 Å². The maximum atomic E-state index is 11.5. The lowest BCUT2D eigenvalue weighted by Gasteiger charge is -2.19. The molecule has 4 nitrogen and oxygen atoms in total. The summed E-state index contributed by atoms with van der Waals surface area (Å²) in [6.45, 7) is 3.21. The Morgan fingerprint density at radius 3 is 2.93 bits per heavy atom. The highest BCUT2D eigenvalue weighted by Crippen LogP contribution is 2.10. The molecule has 1 aliphatic heterocycles. The number of amides is 1. The number of ether oxygens (including phenoxy) is 1. The number of hydrogen-bond donors (Lipinski definition) is 0. The molecule has 1 aliphatic rings. The van der Waals surface area contributed by atoms with E-state index in [-0.39, 0.29) is 18.4 Å². The molecule has 0 aromatic heterocycles. The minimum atomic E-state index is -0.285. The highest BCUT2D eigenvalue weighted by molar-refractivity contribution is 5.82. The molecule has 1 heterocycles. The monoisotopic (exact) mass is 213 g/mol. The van der Waals surface area contributed by atoms with Crippen molar-refractivity contribution in [2.45, 2.75) is 39.0 Å². The van der Waals surface area contributed by atoms with Gasteiger partial charge in [0.2, 0.25) is 5.91 Å². The molecule has 86 valence electrons. The van der Waals surface area contributed by atoms with Crippen LogP contribution >= 0.6 is 0 Å². The van der Waals surface area contributed by atoms with Crippen LogP contribution in [0.4, 0.5) is 0 Å². The van der Waals surface area contributed by atoms with Gasteiger partial charge in [-0.1, -0.05) is 13.3 Å². The van der Waals surface area contributed by atoms with Crippen LogP contribution in [0.25, 0.3) is 0 Å². The van der Waals surface area contributed by atoms with Gasteiger partial charge in [0, 0.05) is 13.0 Å². The first kappa shape index (κ1) is 12.0. The molecule has 1 rings (SSSR count). The van der Waals surface area contributed by atoms with Gasteiger partial charge in [-0.25, -0.2) is 0 Å². The average Bonchev–Trinajstić information content (AvgIpc) is 2.42. The minimum Gasteiger partial charge on any atom is -0.464 e. The predicted octanol–water partition coefficient (Wildman–Crippen LogP) is 1.34. The summed E-state index contributed by atoms with van der Waals surface area (Å²) in [5, 5.41) is 0. The molecule has 0 bridgehead atoms. The third-order valence-corrected chi connectivity index (χ3v) is 2.46. The highest BCUT2D eigenvalue weighted by atomic mass is 16.5. The van der Waals surface area contributed by atoms with E-state index in [9.17, 15) is 9.59 Å². The van der Waals surface area contributed by atoms with Crippen LogP contribution in [0.5, 0.6) is 0 Å². The molecule has 0 saturated carbocycles. The molecule has 0 radical (unpaired) electrons.